The van der Waals surface area contributed by atoms with Gasteiger partial charge in [-0.3, -0.25) is 15.0 Å². The minimum Gasteiger partial charge on any atom is -0.462 e. The third-order valence-electron chi connectivity index (χ3n) is 2.19. The zero-order valence-corrected chi connectivity index (χ0v) is 14.4. The second kappa shape index (κ2) is 10.2. The van der Waals surface area contributed by atoms with Gasteiger partial charge in [-0.25, -0.2) is 15.0 Å². The van der Waals surface area contributed by atoms with Crippen molar-refractivity contribution in [3.05, 3.63) is 12.2 Å². The van der Waals surface area contributed by atoms with Crippen molar-refractivity contribution in [2.45, 2.75) is 46.1 Å². The Hall–Kier alpha value is -2.58. The Morgan fingerprint density at radius 2 is 1.54 bits per heavy atom. The number of hydrogen-bond acceptors (Lipinski definition) is 7. The molecule has 0 atom stereocenters. The largest absolute Gasteiger partial charge is 0.462 e. The molecule has 136 valence electrons. The van der Waals surface area contributed by atoms with Gasteiger partial charge in [0.05, 0.1) is 6.42 Å². The first-order chi connectivity index (χ1) is 11.0. The standard InChI is InChI=1S/C15H24N2O7/c1-10(2)13(20)23-9-8-22-12(19)7-6-11(18)16-17-14(21)24-15(3,4)5/h1,6-9H2,2-5H3,(H,16,18)(H,17,21). The first-order valence-corrected chi connectivity index (χ1v) is 7.27. The van der Waals surface area contributed by atoms with E-state index in [2.05, 4.69) is 17.4 Å². The van der Waals surface area contributed by atoms with Crippen molar-refractivity contribution in [1.82, 2.24) is 10.9 Å². The summed E-state index contributed by atoms with van der Waals surface area (Å²) in [6.07, 6.45) is -1.17. The zero-order chi connectivity index (χ0) is 18.8. The molecule has 2 amide bonds. The van der Waals surface area contributed by atoms with Crippen LogP contribution in [-0.2, 0) is 28.6 Å². The minimum atomic E-state index is -0.808. The van der Waals surface area contributed by atoms with Gasteiger partial charge < -0.3 is 14.2 Å². The summed E-state index contributed by atoms with van der Waals surface area (Å²) in [5, 5.41) is 0. The number of hydrogen-bond donors (Lipinski definition) is 2. The number of nitrogens with one attached hydrogen (secondary N) is 2. The van der Waals surface area contributed by atoms with Gasteiger partial charge in [0, 0.05) is 12.0 Å². The molecule has 0 heterocycles. The molecule has 0 radical (unpaired) electrons. The van der Waals surface area contributed by atoms with Crippen molar-refractivity contribution < 1.29 is 33.4 Å². The van der Waals surface area contributed by atoms with Gasteiger partial charge in [-0.1, -0.05) is 6.58 Å². The van der Waals surface area contributed by atoms with Crippen molar-refractivity contribution in [3.63, 3.8) is 0 Å². The normalized spacial score (nSPS) is 10.3. The van der Waals surface area contributed by atoms with Crippen LogP contribution in [0.5, 0.6) is 0 Å². The Balaban J connectivity index is 3.79. The highest BCUT2D eigenvalue weighted by Crippen LogP contribution is 2.05. The van der Waals surface area contributed by atoms with Crippen molar-refractivity contribution in [2.24, 2.45) is 0 Å². The van der Waals surface area contributed by atoms with Crippen LogP contribution in [0.1, 0.15) is 40.5 Å². The summed E-state index contributed by atoms with van der Waals surface area (Å²) in [7, 11) is 0. The van der Waals surface area contributed by atoms with Crippen LogP contribution >= 0.6 is 0 Å². The topological polar surface area (TPSA) is 120 Å². The van der Waals surface area contributed by atoms with E-state index in [9.17, 15) is 19.2 Å². The molecule has 0 saturated carbocycles. The van der Waals surface area contributed by atoms with Gasteiger partial charge in [0.15, 0.2) is 0 Å². The molecule has 9 heteroatoms. The second-order valence-electron chi connectivity index (χ2n) is 5.81. The predicted octanol–water partition coefficient (Wildman–Crippen LogP) is 0.985. The van der Waals surface area contributed by atoms with Gasteiger partial charge in [-0.05, 0) is 27.7 Å². The average Bonchev–Trinajstić information content (AvgIpc) is 2.45. The SMILES string of the molecule is C=C(C)C(=O)OCCOC(=O)CCC(=O)NNC(=O)OC(C)(C)C. The molecule has 0 aromatic rings. The van der Waals surface area contributed by atoms with Gasteiger partial charge in [0.1, 0.15) is 18.8 Å². The Morgan fingerprint density at radius 3 is 2.08 bits per heavy atom. The summed E-state index contributed by atoms with van der Waals surface area (Å²) in [5.74, 6) is -1.78. The van der Waals surface area contributed by atoms with E-state index in [0.29, 0.717) is 0 Å². The van der Waals surface area contributed by atoms with Gasteiger partial charge in [-0.15, -0.1) is 0 Å². The maximum absolute atomic E-state index is 11.4. The monoisotopic (exact) mass is 344 g/mol. The zero-order valence-electron chi connectivity index (χ0n) is 14.4. The minimum absolute atomic E-state index is 0.0934. The Kier molecular flexibility index (Phi) is 9.14. The maximum Gasteiger partial charge on any atom is 0.426 e. The highest BCUT2D eigenvalue weighted by molar-refractivity contribution is 5.87. The van der Waals surface area contributed by atoms with E-state index < -0.39 is 29.5 Å². The van der Waals surface area contributed by atoms with E-state index >= 15 is 0 Å². The summed E-state index contributed by atoms with van der Waals surface area (Å²) in [6.45, 7) is 9.73. The number of amides is 2. The van der Waals surface area contributed by atoms with E-state index in [1.807, 2.05) is 0 Å². The van der Waals surface area contributed by atoms with Gasteiger partial charge in [-0.2, -0.15) is 0 Å². The van der Waals surface area contributed by atoms with Gasteiger partial charge >= 0.3 is 18.0 Å². The fourth-order valence-corrected chi connectivity index (χ4v) is 1.19. The number of carbonyl (C=O) groups excluding carboxylic acids is 4. The molecule has 0 aliphatic carbocycles. The molecule has 0 unspecified atom stereocenters. The van der Waals surface area contributed by atoms with Gasteiger partial charge in [0.2, 0.25) is 5.91 Å². The molecule has 0 aromatic carbocycles. The van der Waals surface area contributed by atoms with Crippen LogP contribution in [0.15, 0.2) is 12.2 Å². The summed E-state index contributed by atoms with van der Waals surface area (Å²) in [5.41, 5.74) is 3.72. The van der Waals surface area contributed by atoms with Crippen molar-refractivity contribution in [1.29, 1.82) is 0 Å². The summed E-state index contributed by atoms with van der Waals surface area (Å²) in [4.78, 5) is 45.2. The van der Waals surface area contributed by atoms with Crippen LogP contribution < -0.4 is 10.9 Å². The molecular weight excluding hydrogens is 320 g/mol. The highest BCUT2D eigenvalue weighted by Gasteiger charge is 2.16. The third-order valence-corrected chi connectivity index (χ3v) is 2.19. The van der Waals surface area contributed by atoms with Crippen molar-refractivity contribution in [3.8, 4) is 0 Å². The second-order valence-corrected chi connectivity index (χ2v) is 5.81. The Bertz CT molecular complexity index is 495. The lowest BCUT2D eigenvalue weighted by Crippen LogP contribution is -2.44. The van der Waals surface area contributed by atoms with E-state index in [0.717, 1.165) is 0 Å². The molecule has 0 fully saturated rings. The fourth-order valence-electron chi connectivity index (χ4n) is 1.19. The molecule has 0 bridgehead atoms. The maximum atomic E-state index is 11.4. The van der Waals surface area contributed by atoms with Crippen LogP contribution in [-0.4, -0.2) is 42.8 Å². The number of carbonyl (C=O) groups is 4. The quantitative estimate of drug-likeness (QED) is 0.232. The van der Waals surface area contributed by atoms with Crippen LogP contribution in [0, 0.1) is 0 Å². The lowest BCUT2D eigenvalue weighted by molar-refractivity contribution is -0.150. The Morgan fingerprint density at radius 1 is 0.958 bits per heavy atom. The molecule has 24 heavy (non-hydrogen) atoms. The van der Waals surface area contributed by atoms with Crippen LogP contribution in [0.4, 0.5) is 4.79 Å². The van der Waals surface area contributed by atoms with E-state index in [1.165, 1.54) is 6.92 Å². The summed E-state index contributed by atoms with van der Waals surface area (Å²) >= 11 is 0. The fraction of sp³-hybridized carbons (Fsp3) is 0.600. The van der Waals surface area contributed by atoms with Gasteiger partial charge in [0.25, 0.3) is 0 Å². The lowest BCUT2D eigenvalue weighted by Gasteiger charge is -2.19. The first-order valence-electron chi connectivity index (χ1n) is 7.27. The van der Waals surface area contributed by atoms with Crippen molar-refractivity contribution in [2.75, 3.05) is 13.2 Å². The highest BCUT2D eigenvalue weighted by atomic mass is 16.6. The summed E-state index contributed by atoms with van der Waals surface area (Å²) in [6, 6.07) is 0. The Labute approximate surface area is 140 Å². The van der Waals surface area contributed by atoms with E-state index in [1.54, 1.807) is 20.8 Å². The number of ether oxygens (including phenoxy) is 3. The number of rotatable bonds is 7. The third kappa shape index (κ3) is 12.0. The molecule has 2 N–H and O–H groups in total. The number of hydrazine groups is 1. The predicted molar refractivity (Wildman–Crippen MR) is 83.5 cm³/mol. The van der Waals surface area contributed by atoms with Crippen LogP contribution in [0.3, 0.4) is 0 Å². The molecule has 0 spiro atoms. The molecular formula is C15H24N2O7. The molecule has 0 saturated heterocycles. The smallest absolute Gasteiger partial charge is 0.426 e. The molecule has 0 aliphatic heterocycles. The first kappa shape index (κ1) is 21.4. The number of esters is 2. The average molecular weight is 344 g/mol. The molecule has 0 aromatic heterocycles. The summed E-state index contributed by atoms with van der Waals surface area (Å²) < 4.78 is 14.4. The van der Waals surface area contributed by atoms with Crippen molar-refractivity contribution >= 4 is 23.9 Å². The molecule has 0 aliphatic rings. The van der Waals surface area contributed by atoms with E-state index in [4.69, 9.17) is 14.2 Å². The molecule has 9 nitrogen and oxygen atoms in total. The van der Waals surface area contributed by atoms with Crippen LogP contribution in [0.25, 0.3) is 0 Å². The lowest BCUT2D eigenvalue weighted by atomic mass is 10.2. The molecule has 0 rings (SSSR count). The van der Waals surface area contributed by atoms with Crippen LogP contribution in [0.2, 0.25) is 0 Å². The van der Waals surface area contributed by atoms with E-state index in [-0.39, 0.29) is 31.6 Å².